The van der Waals surface area contributed by atoms with Crippen LogP contribution < -0.4 is 5.73 Å². The largest absolute Gasteiger partial charge is 0.323 e. The lowest BCUT2D eigenvalue weighted by atomic mass is 10.1. The predicted molar refractivity (Wildman–Crippen MR) is 61.1 cm³/mol. The standard InChI is InChI=1S/C12H19FN2/c1-9(2)15(3)8-12(14)10-6-4-5-7-11(10)13/h4-7,9,12H,8,14H2,1-3H3. The Morgan fingerprint density at radius 1 is 1.33 bits per heavy atom. The Balaban J connectivity index is 2.69. The van der Waals surface area contributed by atoms with Crippen LogP contribution in [0.5, 0.6) is 0 Å². The fraction of sp³-hybridized carbons (Fsp3) is 0.500. The summed E-state index contributed by atoms with van der Waals surface area (Å²) >= 11 is 0. The molecular weight excluding hydrogens is 191 g/mol. The topological polar surface area (TPSA) is 29.3 Å². The van der Waals surface area contributed by atoms with E-state index in [0.717, 1.165) is 0 Å². The summed E-state index contributed by atoms with van der Waals surface area (Å²) in [5.41, 5.74) is 6.54. The van der Waals surface area contributed by atoms with Gasteiger partial charge in [0.2, 0.25) is 0 Å². The Bertz CT molecular complexity index is 312. The van der Waals surface area contributed by atoms with Crippen molar-refractivity contribution in [2.24, 2.45) is 5.73 Å². The van der Waals surface area contributed by atoms with E-state index in [1.54, 1.807) is 12.1 Å². The zero-order valence-electron chi connectivity index (χ0n) is 9.57. The Morgan fingerprint density at radius 2 is 1.93 bits per heavy atom. The van der Waals surface area contributed by atoms with Crippen LogP contribution in [-0.2, 0) is 0 Å². The molecule has 0 spiro atoms. The van der Waals surface area contributed by atoms with E-state index in [1.807, 2.05) is 13.1 Å². The molecule has 0 radical (unpaired) electrons. The molecule has 2 nitrogen and oxygen atoms in total. The quantitative estimate of drug-likeness (QED) is 0.825. The number of hydrogen-bond acceptors (Lipinski definition) is 2. The molecule has 0 aromatic heterocycles. The molecule has 1 atom stereocenters. The predicted octanol–water partition coefficient (Wildman–Crippen LogP) is 2.17. The second-order valence-electron chi connectivity index (χ2n) is 4.16. The van der Waals surface area contributed by atoms with Crippen LogP contribution in [0.15, 0.2) is 24.3 Å². The van der Waals surface area contributed by atoms with Crippen molar-refractivity contribution in [2.45, 2.75) is 25.9 Å². The number of likely N-dealkylation sites (N-methyl/N-ethyl adjacent to an activating group) is 1. The van der Waals surface area contributed by atoms with Crippen LogP contribution in [0.3, 0.4) is 0 Å². The van der Waals surface area contributed by atoms with E-state index in [9.17, 15) is 4.39 Å². The van der Waals surface area contributed by atoms with Gasteiger partial charge in [-0.1, -0.05) is 18.2 Å². The smallest absolute Gasteiger partial charge is 0.128 e. The first-order valence-corrected chi connectivity index (χ1v) is 5.22. The highest BCUT2D eigenvalue weighted by Gasteiger charge is 2.14. The second kappa shape index (κ2) is 5.24. The van der Waals surface area contributed by atoms with Gasteiger partial charge in [0.15, 0.2) is 0 Å². The van der Waals surface area contributed by atoms with Crippen molar-refractivity contribution < 1.29 is 4.39 Å². The summed E-state index contributed by atoms with van der Waals surface area (Å²) in [6, 6.07) is 6.84. The summed E-state index contributed by atoms with van der Waals surface area (Å²) < 4.78 is 13.4. The van der Waals surface area contributed by atoms with Gasteiger partial charge in [0.05, 0.1) is 0 Å². The fourth-order valence-corrected chi connectivity index (χ4v) is 1.40. The first-order valence-electron chi connectivity index (χ1n) is 5.22. The van der Waals surface area contributed by atoms with E-state index in [4.69, 9.17) is 5.73 Å². The summed E-state index contributed by atoms with van der Waals surface area (Å²) in [5, 5.41) is 0. The Kier molecular flexibility index (Phi) is 4.24. The molecule has 0 amide bonds. The number of halogens is 1. The summed E-state index contributed by atoms with van der Waals surface area (Å²) in [6.45, 7) is 4.85. The molecule has 0 bridgehead atoms. The third kappa shape index (κ3) is 3.29. The van der Waals surface area contributed by atoms with Crippen LogP contribution >= 0.6 is 0 Å². The van der Waals surface area contributed by atoms with Gasteiger partial charge < -0.3 is 10.6 Å². The van der Waals surface area contributed by atoms with Crippen LogP contribution in [0.1, 0.15) is 25.5 Å². The maximum atomic E-state index is 13.4. The van der Waals surface area contributed by atoms with Gasteiger partial charge in [0, 0.05) is 24.2 Å². The van der Waals surface area contributed by atoms with E-state index in [2.05, 4.69) is 18.7 Å². The van der Waals surface area contributed by atoms with Crippen molar-refractivity contribution in [3.05, 3.63) is 35.6 Å². The van der Waals surface area contributed by atoms with Crippen molar-refractivity contribution in [1.82, 2.24) is 4.90 Å². The van der Waals surface area contributed by atoms with E-state index < -0.39 is 0 Å². The fourth-order valence-electron chi connectivity index (χ4n) is 1.40. The zero-order chi connectivity index (χ0) is 11.4. The number of nitrogens with zero attached hydrogens (tertiary/aromatic N) is 1. The molecule has 0 fully saturated rings. The number of rotatable bonds is 4. The number of nitrogens with two attached hydrogens (primary N) is 1. The summed E-state index contributed by atoms with van der Waals surface area (Å²) in [7, 11) is 1.99. The molecule has 0 aliphatic heterocycles. The minimum absolute atomic E-state index is 0.220. The van der Waals surface area contributed by atoms with Crippen molar-refractivity contribution in [2.75, 3.05) is 13.6 Å². The van der Waals surface area contributed by atoms with Crippen LogP contribution in [0.2, 0.25) is 0 Å². The first kappa shape index (κ1) is 12.1. The molecule has 1 unspecified atom stereocenters. The maximum Gasteiger partial charge on any atom is 0.128 e. The zero-order valence-corrected chi connectivity index (χ0v) is 9.57. The van der Waals surface area contributed by atoms with Crippen molar-refractivity contribution in [1.29, 1.82) is 0 Å². The van der Waals surface area contributed by atoms with E-state index in [0.29, 0.717) is 18.2 Å². The SMILES string of the molecule is CC(C)N(C)CC(N)c1ccccc1F. The minimum Gasteiger partial charge on any atom is -0.323 e. The highest BCUT2D eigenvalue weighted by molar-refractivity contribution is 5.21. The second-order valence-corrected chi connectivity index (χ2v) is 4.16. The van der Waals surface area contributed by atoms with Gasteiger partial charge in [0.25, 0.3) is 0 Å². The number of hydrogen-bond donors (Lipinski definition) is 1. The van der Waals surface area contributed by atoms with Gasteiger partial charge in [0.1, 0.15) is 5.82 Å². The van der Waals surface area contributed by atoms with Crippen LogP contribution in [0, 0.1) is 5.82 Å². The Hall–Kier alpha value is -0.930. The highest BCUT2D eigenvalue weighted by Crippen LogP contribution is 2.15. The summed E-state index contributed by atoms with van der Waals surface area (Å²) in [4.78, 5) is 2.11. The van der Waals surface area contributed by atoms with Crippen LogP contribution in [0.4, 0.5) is 4.39 Å². The molecule has 15 heavy (non-hydrogen) atoms. The van der Waals surface area contributed by atoms with Crippen molar-refractivity contribution in [3.63, 3.8) is 0 Å². The molecule has 1 rings (SSSR count). The lowest BCUT2D eigenvalue weighted by Crippen LogP contribution is -2.34. The third-order valence-corrected chi connectivity index (χ3v) is 2.67. The molecule has 0 heterocycles. The number of benzene rings is 1. The molecule has 3 heteroatoms. The van der Waals surface area contributed by atoms with Gasteiger partial charge in [-0.05, 0) is 27.0 Å². The normalized spacial score (nSPS) is 13.5. The molecule has 0 saturated carbocycles. The lowest BCUT2D eigenvalue weighted by Gasteiger charge is -2.25. The van der Waals surface area contributed by atoms with Gasteiger partial charge in [-0.25, -0.2) is 4.39 Å². The lowest BCUT2D eigenvalue weighted by molar-refractivity contribution is 0.256. The first-order chi connectivity index (χ1) is 7.02. The third-order valence-electron chi connectivity index (χ3n) is 2.67. The molecule has 1 aromatic rings. The van der Waals surface area contributed by atoms with Crippen molar-refractivity contribution >= 4 is 0 Å². The average molecular weight is 210 g/mol. The molecular formula is C12H19FN2. The minimum atomic E-state index is -0.265. The molecule has 0 saturated heterocycles. The Labute approximate surface area is 90.9 Å². The van der Waals surface area contributed by atoms with Gasteiger partial charge >= 0.3 is 0 Å². The molecule has 84 valence electrons. The van der Waals surface area contributed by atoms with Gasteiger partial charge in [-0.3, -0.25) is 0 Å². The van der Waals surface area contributed by atoms with Crippen molar-refractivity contribution in [3.8, 4) is 0 Å². The Morgan fingerprint density at radius 3 is 2.47 bits per heavy atom. The highest BCUT2D eigenvalue weighted by atomic mass is 19.1. The van der Waals surface area contributed by atoms with E-state index in [-0.39, 0.29) is 11.9 Å². The van der Waals surface area contributed by atoms with E-state index >= 15 is 0 Å². The summed E-state index contributed by atoms with van der Waals surface area (Å²) in [5.74, 6) is -0.220. The molecule has 0 aliphatic carbocycles. The molecule has 1 aromatic carbocycles. The monoisotopic (exact) mass is 210 g/mol. The average Bonchev–Trinajstić information content (AvgIpc) is 2.18. The maximum absolute atomic E-state index is 13.4. The van der Waals surface area contributed by atoms with E-state index in [1.165, 1.54) is 6.07 Å². The van der Waals surface area contributed by atoms with Gasteiger partial charge in [-0.2, -0.15) is 0 Å². The van der Waals surface area contributed by atoms with Crippen LogP contribution in [-0.4, -0.2) is 24.5 Å². The molecule has 0 aliphatic rings. The van der Waals surface area contributed by atoms with Crippen LogP contribution in [0.25, 0.3) is 0 Å². The molecule has 2 N–H and O–H groups in total. The summed E-state index contributed by atoms with van der Waals surface area (Å²) in [6.07, 6.45) is 0. The van der Waals surface area contributed by atoms with Gasteiger partial charge in [-0.15, -0.1) is 0 Å².